The fraction of sp³-hybridized carbons (Fsp3) is 0.300. The van der Waals surface area contributed by atoms with Crippen molar-refractivity contribution >= 4 is 5.69 Å². The molecular formula is C10H10N2O2. The van der Waals surface area contributed by atoms with Gasteiger partial charge in [-0.1, -0.05) is 12.1 Å². The maximum atomic E-state index is 10.3. The number of rotatable bonds is 3. The quantitative estimate of drug-likeness (QED) is 0.542. The van der Waals surface area contributed by atoms with E-state index in [2.05, 4.69) is 6.07 Å². The molecule has 14 heavy (non-hydrogen) atoms. The van der Waals surface area contributed by atoms with Crippen molar-refractivity contribution in [3.05, 3.63) is 39.9 Å². The van der Waals surface area contributed by atoms with Crippen LogP contribution in [0.4, 0.5) is 5.69 Å². The molecule has 0 amide bonds. The predicted octanol–water partition coefficient (Wildman–Crippen LogP) is 2.30. The SMILES string of the molecule is CC(C#N)Cc1ccc([N+](=O)[O-])cc1. The number of nitriles is 1. The Morgan fingerprint density at radius 2 is 2.07 bits per heavy atom. The summed E-state index contributed by atoms with van der Waals surface area (Å²) in [5.41, 5.74) is 1.03. The minimum Gasteiger partial charge on any atom is -0.258 e. The zero-order valence-electron chi connectivity index (χ0n) is 7.80. The zero-order valence-corrected chi connectivity index (χ0v) is 7.80. The fourth-order valence-electron chi connectivity index (χ4n) is 1.15. The molecule has 0 aliphatic rings. The van der Waals surface area contributed by atoms with Gasteiger partial charge in [-0.3, -0.25) is 10.1 Å². The Hall–Kier alpha value is -1.89. The van der Waals surface area contributed by atoms with Crippen molar-refractivity contribution in [3.8, 4) is 6.07 Å². The van der Waals surface area contributed by atoms with Crippen molar-refractivity contribution in [2.75, 3.05) is 0 Å². The highest BCUT2D eigenvalue weighted by Crippen LogP contribution is 2.14. The summed E-state index contributed by atoms with van der Waals surface area (Å²) in [7, 11) is 0. The van der Waals surface area contributed by atoms with E-state index in [0.717, 1.165) is 5.56 Å². The van der Waals surface area contributed by atoms with Gasteiger partial charge in [0.15, 0.2) is 0 Å². The third-order valence-corrected chi connectivity index (χ3v) is 1.91. The second-order valence-corrected chi connectivity index (χ2v) is 3.16. The average Bonchev–Trinajstić information content (AvgIpc) is 2.18. The Balaban J connectivity index is 2.75. The highest BCUT2D eigenvalue weighted by Gasteiger charge is 2.05. The first-order chi connectivity index (χ1) is 6.63. The third kappa shape index (κ3) is 2.56. The number of non-ortho nitro benzene ring substituents is 1. The maximum Gasteiger partial charge on any atom is 0.269 e. The molecule has 0 radical (unpaired) electrons. The van der Waals surface area contributed by atoms with E-state index in [1.807, 2.05) is 6.92 Å². The van der Waals surface area contributed by atoms with E-state index in [1.54, 1.807) is 12.1 Å². The van der Waals surface area contributed by atoms with Gasteiger partial charge in [0.05, 0.1) is 11.0 Å². The Bertz CT molecular complexity index is 365. The fourth-order valence-corrected chi connectivity index (χ4v) is 1.15. The largest absolute Gasteiger partial charge is 0.269 e. The van der Waals surface area contributed by atoms with E-state index in [9.17, 15) is 10.1 Å². The maximum absolute atomic E-state index is 10.3. The Kier molecular flexibility index (Phi) is 3.19. The van der Waals surface area contributed by atoms with Crippen molar-refractivity contribution in [1.82, 2.24) is 0 Å². The van der Waals surface area contributed by atoms with Crippen LogP contribution in [0.1, 0.15) is 12.5 Å². The first kappa shape index (κ1) is 10.2. The van der Waals surface area contributed by atoms with Crippen LogP contribution in [0.15, 0.2) is 24.3 Å². The van der Waals surface area contributed by atoms with E-state index < -0.39 is 4.92 Å². The lowest BCUT2D eigenvalue weighted by Crippen LogP contribution is -1.96. The molecule has 4 nitrogen and oxygen atoms in total. The molecule has 0 bridgehead atoms. The summed E-state index contributed by atoms with van der Waals surface area (Å²) in [4.78, 5) is 9.91. The molecule has 0 aromatic heterocycles. The lowest BCUT2D eigenvalue weighted by atomic mass is 10.0. The predicted molar refractivity (Wildman–Crippen MR) is 51.6 cm³/mol. The van der Waals surface area contributed by atoms with Crippen LogP contribution in [0, 0.1) is 27.4 Å². The third-order valence-electron chi connectivity index (χ3n) is 1.91. The second-order valence-electron chi connectivity index (χ2n) is 3.16. The van der Waals surface area contributed by atoms with Gasteiger partial charge in [0.25, 0.3) is 5.69 Å². The van der Waals surface area contributed by atoms with Gasteiger partial charge in [0, 0.05) is 18.1 Å². The number of nitrogens with zero attached hydrogens (tertiary/aromatic N) is 2. The molecule has 72 valence electrons. The summed E-state index contributed by atoms with van der Waals surface area (Å²) in [5.74, 6) is -0.0588. The molecular weight excluding hydrogens is 180 g/mol. The molecule has 1 rings (SSSR count). The first-order valence-electron chi connectivity index (χ1n) is 4.26. The van der Waals surface area contributed by atoms with E-state index >= 15 is 0 Å². The molecule has 0 N–H and O–H groups in total. The van der Waals surface area contributed by atoms with Crippen LogP contribution in [0.25, 0.3) is 0 Å². The van der Waals surface area contributed by atoms with Gasteiger partial charge in [-0.15, -0.1) is 0 Å². The summed E-state index contributed by atoms with van der Waals surface area (Å²) in [6.45, 7) is 1.82. The molecule has 0 aliphatic carbocycles. The van der Waals surface area contributed by atoms with Crippen molar-refractivity contribution in [2.45, 2.75) is 13.3 Å². The number of hydrogen-bond donors (Lipinski definition) is 0. The molecule has 0 saturated heterocycles. The van der Waals surface area contributed by atoms with Crippen molar-refractivity contribution in [2.24, 2.45) is 5.92 Å². The Labute approximate surface area is 81.9 Å². The van der Waals surface area contributed by atoms with Crippen LogP contribution in [0.3, 0.4) is 0 Å². The monoisotopic (exact) mass is 190 g/mol. The van der Waals surface area contributed by atoms with Gasteiger partial charge in [0.2, 0.25) is 0 Å². The summed E-state index contributed by atoms with van der Waals surface area (Å²) < 4.78 is 0. The van der Waals surface area contributed by atoms with Gasteiger partial charge in [-0.05, 0) is 18.9 Å². The molecule has 0 aliphatic heterocycles. The molecule has 0 heterocycles. The van der Waals surface area contributed by atoms with Crippen LogP contribution in [0.5, 0.6) is 0 Å². The van der Waals surface area contributed by atoms with E-state index in [4.69, 9.17) is 5.26 Å². The Morgan fingerprint density at radius 1 is 1.50 bits per heavy atom. The summed E-state index contributed by atoms with van der Waals surface area (Å²) in [5, 5.41) is 18.9. The second kappa shape index (κ2) is 4.38. The molecule has 0 fully saturated rings. The first-order valence-corrected chi connectivity index (χ1v) is 4.26. The smallest absolute Gasteiger partial charge is 0.258 e. The van der Waals surface area contributed by atoms with Crippen LogP contribution < -0.4 is 0 Å². The van der Waals surface area contributed by atoms with Crippen LogP contribution in [0.2, 0.25) is 0 Å². The van der Waals surface area contributed by atoms with Crippen LogP contribution >= 0.6 is 0 Å². The summed E-state index contributed by atoms with van der Waals surface area (Å²) >= 11 is 0. The molecule has 1 unspecified atom stereocenters. The number of hydrogen-bond acceptors (Lipinski definition) is 3. The number of benzene rings is 1. The lowest BCUT2D eigenvalue weighted by Gasteiger charge is -2.01. The standard InChI is InChI=1S/C10H10N2O2/c1-8(7-11)6-9-2-4-10(5-3-9)12(13)14/h2-5,8H,6H2,1H3. The molecule has 1 aromatic rings. The molecule has 4 heteroatoms. The van der Waals surface area contributed by atoms with Crippen molar-refractivity contribution in [3.63, 3.8) is 0 Å². The number of nitro groups is 1. The van der Waals surface area contributed by atoms with Crippen LogP contribution in [-0.2, 0) is 6.42 Å². The van der Waals surface area contributed by atoms with E-state index in [1.165, 1.54) is 12.1 Å². The van der Waals surface area contributed by atoms with Gasteiger partial charge in [-0.25, -0.2) is 0 Å². The summed E-state index contributed by atoms with van der Waals surface area (Å²) in [6, 6.07) is 8.41. The normalized spacial score (nSPS) is 11.7. The molecule has 1 aromatic carbocycles. The minimum atomic E-state index is -0.433. The molecule has 0 spiro atoms. The van der Waals surface area contributed by atoms with Gasteiger partial charge < -0.3 is 0 Å². The molecule has 1 atom stereocenters. The van der Waals surface area contributed by atoms with Gasteiger partial charge >= 0.3 is 0 Å². The number of nitro benzene ring substituents is 1. The summed E-state index contributed by atoms with van der Waals surface area (Å²) in [6.07, 6.45) is 0.633. The molecule has 0 saturated carbocycles. The Morgan fingerprint density at radius 3 is 2.50 bits per heavy atom. The highest BCUT2D eigenvalue weighted by atomic mass is 16.6. The van der Waals surface area contributed by atoms with E-state index in [0.29, 0.717) is 6.42 Å². The van der Waals surface area contributed by atoms with Crippen molar-refractivity contribution in [1.29, 1.82) is 5.26 Å². The van der Waals surface area contributed by atoms with E-state index in [-0.39, 0.29) is 11.6 Å². The van der Waals surface area contributed by atoms with Gasteiger partial charge in [0.1, 0.15) is 0 Å². The lowest BCUT2D eigenvalue weighted by molar-refractivity contribution is -0.384. The topological polar surface area (TPSA) is 66.9 Å². The van der Waals surface area contributed by atoms with Gasteiger partial charge in [-0.2, -0.15) is 5.26 Å². The highest BCUT2D eigenvalue weighted by molar-refractivity contribution is 5.33. The van der Waals surface area contributed by atoms with Crippen LogP contribution in [-0.4, -0.2) is 4.92 Å². The average molecular weight is 190 g/mol. The zero-order chi connectivity index (χ0) is 10.6. The van der Waals surface area contributed by atoms with Crippen molar-refractivity contribution < 1.29 is 4.92 Å². The minimum absolute atomic E-state index is 0.0588.